The number of carboxylic acid groups (broad SMARTS) is 1. The van der Waals surface area contributed by atoms with Crippen LogP contribution < -0.4 is 0 Å². The van der Waals surface area contributed by atoms with Gasteiger partial charge in [-0.15, -0.1) is 6.58 Å². The van der Waals surface area contributed by atoms with Crippen LogP contribution in [-0.2, 0) is 14.3 Å². The van der Waals surface area contributed by atoms with Gasteiger partial charge < -0.3 is 14.7 Å². The number of carbonyl (C=O) groups excluding carboxylic acids is 1. The minimum atomic E-state index is -0.820. The molecule has 0 aliphatic carbocycles. The van der Waals surface area contributed by atoms with Crippen molar-refractivity contribution in [1.29, 1.82) is 0 Å². The Hall–Kier alpha value is -1.36. The number of ether oxygens (including phenoxy) is 1. The summed E-state index contributed by atoms with van der Waals surface area (Å²) >= 11 is 0. The molecule has 1 heterocycles. The highest BCUT2D eigenvalue weighted by Gasteiger charge is 2.39. The molecule has 0 saturated carbocycles. The third-order valence-corrected chi connectivity index (χ3v) is 3.48. The summed E-state index contributed by atoms with van der Waals surface area (Å²) in [5.74, 6) is -0.798. The number of piperidine rings is 1. The second kappa shape index (κ2) is 7.28. The van der Waals surface area contributed by atoms with E-state index in [0.29, 0.717) is 45.6 Å². The van der Waals surface area contributed by atoms with E-state index in [1.165, 1.54) is 0 Å². The molecule has 1 saturated heterocycles. The molecule has 1 aliphatic heterocycles. The molecule has 0 spiro atoms. The van der Waals surface area contributed by atoms with Gasteiger partial charge in [-0.25, -0.2) is 0 Å². The zero-order valence-electron chi connectivity index (χ0n) is 11.6. The summed E-state index contributed by atoms with van der Waals surface area (Å²) < 4.78 is 5.22. The van der Waals surface area contributed by atoms with Gasteiger partial charge in [-0.1, -0.05) is 6.08 Å². The number of nitrogens with zero attached hydrogens (tertiary/aromatic N) is 1. The summed E-state index contributed by atoms with van der Waals surface area (Å²) in [6.07, 6.45) is 4.13. The Morgan fingerprint density at radius 3 is 2.89 bits per heavy atom. The summed E-state index contributed by atoms with van der Waals surface area (Å²) in [6.45, 7) is 7.25. The molecule has 1 amide bonds. The molecule has 19 heavy (non-hydrogen) atoms. The van der Waals surface area contributed by atoms with Crippen molar-refractivity contribution in [2.24, 2.45) is 5.41 Å². The standard InChI is InChI=1S/C14H23NO4/c1-3-9-19-10-4-6-12(16)15-8-5-7-14(2,11-15)13(17)18/h3H,1,4-11H2,2H3,(H,17,18). The minimum Gasteiger partial charge on any atom is -0.481 e. The Balaban J connectivity index is 2.36. The van der Waals surface area contributed by atoms with Crippen molar-refractivity contribution >= 4 is 11.9 Å². The van der Waals surface area contributed by atoms with Crippen LogP contribution in [0.15, 0.2) is 12.7 Å². The van der Waals surface area contributed by atoms with Crippen LogP contribution in [0.1, 0.15) is 32.6 Å². The lowest BCUT2D eigenvalue weighted by Gasteiger charge is -2.37. The van der Waals surface area contributed by atoms with Crippen LogP contribution in [0.25, 0.3) is 0 Å². The quantitative estimate of drug-likeness (QED) is 0.564. The zero-order chi connectivity index (χ0) is 14.3. The highest BCUT2D eigenvalue weighted by molar-refractivity contribution is 5.79. The smallest absolute Gasteiger partial charge is 0.311 e. The Bertz CT molecular complexity index is 342. The molecular weight excluding hydrogens is 246 g/mol. The SMILES string of the molecule is C=CCOCCCC(=O)N1CCCC(C)(C(=O)O)C1. The van der Waals surface area contributed by atoms with Crippen LogP contribution in [0.3, 0.4) is 0 Å². The first-order valence-corrected chi connectivity index (χ1v) is 6.69. The number of hydrogen-bond donors (Lipinski definition) is 1. The summed E-state index contributed by atoms with van der Waals surface area (Å²) in [6, 6.07) is 0. The monoisotopic (exact) mass is 269 g/mol. The second-order valence-electron chi connectivity index (χ2n) is 5.25. The molecule has 0 aromatic heterocycles. The van der Waals surface area contributed by atoms with Gasteiger partial charge in [0.2, 0.25) is 5.91 Å². The van der Waals surface area contributed by atoms with E-state index in [2.05, 4.69) is 6.58 Å². The number of aliphatic carboxylic acids is 1. The molecule has 5 nitrogen and oxygen atoms in total. The summed E-state index contributed by atoms with van der Waals surface area (Å²) in [4.78, 5) is 24.9. The van der Waals surface area contributed by atoms with Crippen LogP contribution in [-0.4, -0.2) is 48.2 Å². The first kappa shape index (κ1) is 15.7. The van der Waals surface area contributed by atoms with E-state index in [-0.39, 0.29) is 5.91 Å². The summed E-state index contributed by atoms with van der Waals surface area (Å²) in [5, 5.41) is 9.20. The van der Waals surface area contributed by atoms with Crippen molar-refractivity contribution in [2.75, 3.05) is 26.3 Å². The lowest BCUT2D eigenvalue weighted by Crippen LogP contribution is -2.48. The van der Waals surface area contributed by atoms with Crippen LogP contribution >= 0.6 is 0 Å². The number of amides is 1. The topological polar surface area (TPSA) is 66.8 Å². The van der Waals surface area contributed by atoms with E-state index in [9.17, 15) is 14.7 Å². The molecule has 1 unspecified atom stereocenters. The predicted molar refractivity (Wildman–Crippen MR) is 71.8 cm³/mol. The largest absolute Gasteiger partial charge is 0.481 e. The predicted octanol–water partition coefficient (Wildman–Crippen LogP) is 1.68. The van der Waals surface area contributed by atoms with E-state index >= 15 is 0 Å². The van der Waals surface area contributed by atoms with E-state index in [1.54, 1.807) is 17.9 Å². The van der Waals surface area contributed by atoms with Crippen LogP contribution in [0, 0.1) is 5.41 Å². The molecule has 1 fully saturated rings. The van der Waals surface area contributed by atoms with E-state index in [4.69, 9.17) is 4.74 Å². The van der Waals surface area contributed by atoms with Gasteiger partial charge in [0.1, 0.15) is 0 Å². The number of likely N-dealkylation sites (tertiary alicyclic amines) is 1. The van der Waals surface area contributed by atoms with Crippen molar-refractivity contribution in [3.63, 3.8) is 0 Å². The average Bonchev–Trinajstić information content (AvgIpc) is 2.38. The van der Waals surface area contributed by atoms with Crippen molar-refractivity contribution in [3.05, 3.63) is 12.7 Å². The zero-order valence-corrected chi connectivity index (χ0v) is 11.6. The Morgan fingerprint density at radius 1 is 1.53 bits per heavy atom. The molecule has 1 rings (SSSR count). The molecule has 1 atom stereocenters. The molecule has 0 aromatic rings. The Labute approximate surface area is 114 Å². The van der Waals surface area contributed by atoms with Crippen molar-refractivity contribution in [3.8, 4) is 0 Å². The normalized spacial score (nSPS) is 23.1. The third kappa shape index (κ3) is 4.67. The summed E-state index contributed by atoms with van der Waals surface area (Å²) in [5.41, 5.74) is -0.798. The number of rotatable bonds is 7. The molecular formula is C14H23NO4. The van der Waals surface area contributed by atoms with Crippen LogP contribution in [0.5, 0.6) is 0 Å². The van der Waals surface area contributed by atoms with E-state index in [1.807, 2.05) is 0 Å². The van der Waals surface area contributed by atoms with Gasteiger partial charge in [0, 0.05) is 26.1 Å². The Morgan fingerprint density at radius 2 is 2.26 bits per heavy atom. The maximum absolute atomic E-state index is 12.0. The molecule has 1 aliphatic rings. The Kier molecular flexibility index (Phi) is 6.02. The molecule has 0 bridgehead atoms. The highest BCUT2D eigenvalue weighted by Crippen LogP contribution is 2.29. The van der Waals surface area contributed by atoms with Gasteiger partial charge in [-0.05, 0) is 26.2 Å². The van der Waals surface area contributed by atoms with Crippen molar-refractivity contribution in [1.82, 2.24) is 4.90 Å². The summed E-state index contributed by atoms with van der Waals surface area (Å²) in [7, 11) is 0. The average molecular weight is 269 g/mol. The fraction of sp³-hybridized carbons (Fsp3) is 0.714. The van der Waals surface area contributed by atoms with Gasteiger partial charge in [0.05, 0.1) is 12.0 Å². The number of hydrogen-bond acceptors (Lipinski definition) is 3. The number of carbonyl (C=O) groups is 2. The van der Waals surface area contributed by atoms with E-state index < -0.39 is 11.4 Å². The molecule has 0 radical (unpaired) electrons. The molecule has 5 heteroatoms. The van der Waals surface area contributed by atoms with Crippen molar-refractivity contribution < 1.29 is 19.4 Å². The van der Waals surface area contributed by atoms with Gasteiger partial charge in [-0.3, -0.25) is 9.59 Å². The highest BCUT2D eigenvalue weighted by atomic mass is 16.5. The van der Waals surface area contributed by atoms with Gasteiger partial charge in [0.25, 0.3) is 0 Å². The van der Waals surface area contributed by atoms with Crippen LogP contribution in [0.2, 0.25) is 0 Å². The van der Waals surface area contributed by atoms with E-state index in [0.717, 1.165) is 6.42 Å². The maximum Gasteiger partial charge on any atom is 0.311 e. The maximum atomic E-state index is 12.0. The van der Waals surface area contributed by atoms with Gasteiger partial charge in [0.15, 0.2) is 0 Å². The lowest BCUT2D eigenvalue weighted by atomic mass is 9.82. The fourth-order valence-corrected chi connectivity index (χ4v) is 2.28. The molecule has 1 N–H and O–H groups in total. The van der Waals surface area contributed by atoms with Gasteiger partial charge >= 0.3 is 5.97 Å². The van der Waals surface area contributed by atoms with Crippen molar-refractivity contribution in [2.45, 2.75) is 32.6 Å². The molecule has 108 valence electrons. The lowest BCUT2D eigenvalue weighted by molar-refractivity contribution is -0.153. The first-order valence-electron chi connectivity index (χ1n) is 6.69. The van der Waals surface area contributed by atoms with Gasteiger partial charge in [-0.2, -0.15) is 0 Å². The fourth-order valence-electron chi connectivity index (χ4n) is 2.28. The minimum absolute atomic E-state index is 0.0226. The first-order chi connectivity index (χ1) is 8.99. The van der Waals surface area contributed by atoms with Crippen LogP contribution in [0.4, 0.5) is 0 Å². The second-order valence-corrected chi connectivity index (χ2v) is 5.25. The number of carboxylic acids is 1. The third-order valence-electron chi connectivity index (χ3n) is 3.48. The molecule has 0 aromatic carbocycles.